The van der Waals surface area contributed by atoms with E-state index >= 15 is 0 Å². The first kappa shape index (κ1) is 16.2. The SMILES string of the molecule is CN1CCN(C)C(CNS(=O)(=O)CCCNC2CC2)C1. The number of nitrogens with zero attached hydrogens (tertiary/aromatic N) is 2. The van der Waals surface area contributed by atoms with E-state index in [0.29, 0.717) is 19.0 Å². The van der Waals surface area contributed by atoms with Crippen LogP contribution in [0.1, 0.15) is 19.3 Å². The zero-order valence-corrected chi connectivity index (χ0v) is 13.5. The van der Waals surface area contributed by atoms with Gasteiger partial charge in [0.2, 0.25) is 10.0 Å². The average Bonchev–Trinajstić information content (AvgIpc) is 3.20. The molecule has 1 aliphatic carbocycles. The molecular weight excluding hydrogens is 276 g/mol. The van der Waals surface area contributed by atoms with Crippen molar-refractivity contribution in [3.63, 3.8) is 0 Å². The molecule has 0 spiro atoms. The monoisotopic (exact) mass is 304 g/mol. The molecule has 118 valence electrons. The number of rotatable bonds is 8. The molecule has 1 unspecified atom stereocenters. The second-order valence-electron chi connectivity index (χ2n) is 6.15. The molecule has 0 radical (unpaired) electrons. The van der Waals surface area contributed by atoms with E-state index < -0.39 is 10.0 Å². The van der Waals surface area contributed by atoms with Gasteiger partial charge in [0.05, 0.1) is 5.75 Å². The van der Waals surface area contributed by atoms with Crippen molar-refractivity contribution in [2.75, 3.05) is 52.6 Å². The fourth-order valence-corrected chi connectivity index (χ4v) is 3.59. The molecule has 1 atom stereocenters. The molecule has 1 saturated heterocycles. The van der Waals surface area contributed by atoms with Gasteiger partial charge in [0.15, 0.2) is 0 Å². The summed E-state index contributed by atoms with van der Waals surface area (Å²) in [4.78, 5) is 4.48. The Morgan fingerprint density at radius 3 is 2.65 bits per heavy atom. The number of hydrogen-bond acceptors (Lipinski definition) is 5. The van der Waals surface area contributed by atoms with Gasteiger partial charge in [-0.05, 0) is 39.9 Å². The highest BCUT2D eigenvalue weighted by molar-refractivity contribution is 7.89. The van der Waals surface area contributed by atoms with Crippen LogP contribution < -0.4 is 10.0 Å². The number of nitrogens with one attached hydrogen (secondary N) is 2. The second-order valence-corrected chi connectivity index (χ2v) is 8.07. The van der Waals surface area contributed by atoms with Crippen molar-refractivity contribution >= 4 is 10.0 Å². The van der Waals surface area contributed by atoms with Gasteiger partial charge in [-0.3, -0.25) is 4.90 Å². The Morgan fingerprint density at radius 2 is 1.95 bits per heavy atom. The van der Waals surface area contributed by atoms with E-state index in [1.807, 2.05) is 0 Å². The topological polar surface area (TPSA) is 64.7 Å². The van der Waals surface area contributed by atoms with Gasteiger partial charge in [0, 0.05) is 38.3 Å². The molecule has 1 aliphatic heterocycles. The molecule has 7 heteroatoms. The molecule has 2 fully saturated rings. The van der Waals surface area contributed by atoms with Crippen molar-refractivity contribution < 1.29 is 8.42 Å². The maximum absolute atomic E-state index is 12.0. The molecule has 6 nitrogen and oxygen atoms in total. The largest absolute Gasteiger partial charge is 0.314 e. The lowest BCUT2D eigenvalue weighted by Gasteiger charge is -2.37. The molecule has 20 heavy (non-hydrogen) atoms. The number of likely N-dealkylation sites (N-methyl/N-ethyl adjacent to an activating group) is 2. The molecule has 0 aromatic carbocycles. The molecule has 2 N–H and O–H groups in total. The molecule has 0 aromatic heterocycles. The number of piperazine rings is 1. The zero-order valence-electron chi connectivity index (χ0n) is 12.6. The molecule has 0 bridgehead atoms. The van der Waals surface area contributed by atoms with Gasteiger partial charge in [-0.1, -0.05) is 0 Å². The lowest BCUT2D eigenvalue weighted by atomic mass is 10.2. The molecule has 2 rings (SSSR count). The lowest BCUT2D eigenvalue weighted by molar-refractivity contribution is 0.117. The minimum absolute atomic E-state index is 0.221. The van der Waals surface area contributed by atoms with Crippen LogP contribution in [0.4, 0.5) is 0 Å². The van der Waals surface area contributed by atoms with Crippen molar-refractivity contribution in [2.45, 2.75) is 31.3 Å². The first-order valence-corrected chi connectivity index (χ1v) is 9.21. The fourth-order valence-electron chi connectivity index (χ4n) is 2.47. The van der Waals surface area contributed by atoms with Crippen molar-refractivity contribution in [1.29, 1.82) is 0 Å². The summed E-state index contributed by atoms with van der Waals surface area (Å²) in [5.74, 6) is 0.221. The Hall–Kier alpha value is -0.210. The molecule has 1 heterocycles. The van der Waals surface area contributed by atoms with Crippen molar-refractivity contribution in [1.82, 2.24) is 19.8 Å². The molecule has 0 aromatic rings. The van der Waals surface area contributed by atoms with Crippen LogP contribution in [0.3, 0.4) is 0 Å². The Labute approximate surface area is 122 Å². The van der Waals surface area contributed by atoms with Crippen molar-refractivity contribution in [3.05, 3.63) is 0 Å². The van der Waals surface area contributed by atoms with Crippen LogP contribution >= 0.6 is 0 Å². The van der Waals surface area contributed by atoms with Crippen molar-refractivity contribution in [2.24, 2.45) is 0 Å². The van der Waals surface area contributed by atoms with E-state index in [0.717, 1.165) is 26.2 Å². The van der Waals surface area contributed by atoms with Crippen LogP contribution in [-0.4, -0.2) is 82.9 Å². The third-order valence-electron chi connectivity index (χ3n) is 4.12. The normalized spacial score (nSPS) is 26.0. The molecule has 0 amide bonds. The van der Waals surface area contributed by atoms with E-state index in [4.69, 9.17) is 0 Å². The second kappa shape index (κ2) is 7.17. The van der Waals surface area contributed by atoms with Gasteiger partial charge in [-0.15, -0.1) is 0 Å². The summed E-state index contributed by atoms with van der Waals surface area (Å²) in [5, 5.41) is 3.34. The van der Waals surface area contributed by atoms with Gasteiger partial charge in [-0.2, -0.15) is 0 Å². The van der Waals surface area contributed by atoms with Crippen LogP contribution in [0.25, 0.3) is 0 Å². The highest BCUT2D eigenvalue weighted by Gasteiger charge is 2.24. The highest BCUT2D eigenvalue weighted by atomic mass is 32.2. The summed E-state index contributed by atoms with van der Waals surface area (Å²) < 4.78 is 26.7. The summed E-state index contributed by atoms with van der Waals surface area (Å²) >= 11 is 0. The van der Waals surface area contributed by atoms with Crippen molar-refractivity contribution in [3.8, 4) is 0 Å². The third-order valence-corrected chi connectivity index (χ3v) is 5.55. The van der Waals surface area contributed by atoms with E-state index in [-0.39, 0.29) is 11.8 Å². The third kappa shape index (κ3) is 5.65. The quantitative estimate of drug-likeness (QED) is 0.580. The van der Waals surface area contributed by atoms with Crippen LogP contribution in [-0.2, 0) is 10.0 Å². The number of sulfonamides is 1. The Balaban J connectivity index is 1.64. The van der Waals surface area contributed by atoms with E-state index in [2.05, 4.69) is 33.9 Å². The summed E-state index contributed by atoms with van der Waals surface area (Å²) in [6.07, 6.45) is 3.17. The summed E-state index contributed by atoms with van der Waals surface area (Å²) in [6.45, 7) is 4.28. The van der Waals surface area contributed by atoms with Crippen LogP contribution in [0.15, 0.2) is 0 Å². The summed E-state index contributed by atoms with van der Waals surface area (Å²) in [6, 6.07) is 0.921. The zero-order chi connectivity index (χ0) is 14.6. The highest BCUT2D eigenvalue weighted by Crippen LogP contribution is 2.18. The predicted molar refractivity (Wildman–Crippen MR) is 81.3 cm³/mol. The van der Waals surface area contributed by atoms with Gasteiger partial charge >= 0.3 is 0 Å². The minimum atomic E-state index is -3.13. The molecule has 2 aliphatic rings. The fraction of sp³-hybridized carbons (Fsp3) is 1.00. The average molecular weight is 304 g/mol. The first-order chi connectivity index (χ1) is 9.46. The molecule has 1 saturated carbocycles. The van der Waals surface area contributed by atoms with E-state index in [9.17, 15) is 8.42 Å². The summed E-state index contributed by atoms with van der Waals surface area (Å²) in [7, 11) is 1.01. The maximum atomic E-state index is 12.0. The smallest absolute Gasteiger partial charge is 0.211 e. The number of hydrogen-bond donors (Lipinski definition) is 2. The van der Waals surface area contributed by atoms with Crippen LogP contribution in [0.2, 0.25) is 0 Å². The minimum Gasteiger partial charge on any atom is -0.314 e. The van der Waals surface area contributed by atoms with E-state index in [1.165, 1.54) is 12.8 Å². The molecular formula is C13H28N4O2S. The predicted octanol–water partition coefficient (Wildman–Crippen LogP) is -0.706. The maximum Gasteiger partial charge on any atom is 0.211 e. The van der Waals surface area contributed by atoms with Gasteiger partial charge in [0.1, 0.15) is 0 Å². The Morgan fingerprint density at radius 1 is 1.20 bits per heavy atom. The van der Waals surface area contributed by atoms with Gasteiger partial charge in [0.25, 0.3) is 0 Å². The van der Waals surface area contributed by atoms with Crippen LogP contribution in [0, 0.1) is 0 Å². The standard InChI is InChI=1S/C13H28N4O2S/c1-16-7-8-17(2)13(11-16)10-15-20(18,19)9-3-6-14-12-4-5-12/h12-15H,3-11H2,1-2H3. The van der Waals surface area contributed by atoms with Gasteiger partial charge in [-0.25, -0.2) is 13.1 Å². The van der Waals surface area contributed by atoms with E-state index in [1.54, 1.807) is 0 Å². The van der Waals surface area contributed by atoms with Gasteiger partial charge < -0.3 is 10.2 Å². The summed E-state index contributed by atoms with van der Waals surface area (Å²) in [5.41, 5.74) is 0. The van der Waals surface area contributed by atoms with Crippen LogP contribution in [0.5, 0.6) is 0 Å². The first-order valence-electron chi connectivity index (χ1n) is 7.56. The lowest BCUT2D eigenvalue weighted by Crippen LogP contribution is -2.54. The Kier molecular flexibility index (Phi) is 5.80. The Bertz CT molecular complexity index is 397.